The van der Waals surface area contributed by atoms with Crippen LogP contribution in [0.25, 0.3) is 5.69 Å². The number of rotatable bonds is 6. The first-order valence-corrected chi connectivity index (χ1v) is 10.3. The van der Waals surface area contributed by atoms with E-state index in [4.69, 9.17) is 23.2 Å². The first-order chi connectivity index (χ1) is 13.4. The molecule has 1 aromatic heterocycles. The maximum absolute atomic E-state index is 12.8. The van der Waals surface area contributed by atoms with Crippen molar-refractivity contribution in [3.63, 3.8) is 0 Å². The molecule has 8 heteroatoms. The Labute approximate surface area is 177 Å². The predicted molar refractivity (Wildman–Crippen MR) is 116 cm³/mol. The molecule has 0 aliphatic rings. The van der Waals surface area contributed by atoms with Crippen LogP contribution in [0.2, 0.25) is 10.0 Å². The highest BCUT2D eigenvalue weighted by Crippen LogP contribution is 2.30. The van der Waals surface area contributed by atoms with Crippen molar-refractivity contribution in [1.29, 1.82) is 0 Å². The second-order valence-corrected chi connectivity index (χ2v) is 8.14. The molecule has 1 N–H and O–H groups in total. The first kappa shape index (κ1) is 20.6. The van der Waals surface area contributed by atoms with Crippen molar-refractivity contribution < 1.29 is 4.79 Å². The van der Waals surface area contributed by atoms with E-state index in [9.17, 15) is 9.59 Å². The molecule has 0 unspecified atom stereocenters. The lowest BCUT2D eigenvalue weighted by atomic mass is 10.3. The normalized spacial score (nSPS) is 10.9. The highest BCUT2D eigenvalue weighted by molar-refractivity contribution is 7.99. The molecule has 0 spiro atoms. The van der Waals surface area contributed by atoms with Crippen LogP contribution < -0.4 is 10.9 Å². The van der Waals surface area contributed by atoms with Gasteiger partial charge in [-0.3, -0.25) is 14.3 Å². The molecule has 1 amide bonds. The van der Waals surface area contributed by atoms with Crippen LogP contribution >= 0.6 is 35.0 Å². The molecule has 1 heterocycles. The van der Waals surface area contributed by atoms with Gasteiger partial charge in [0, 0.05) is 29.1 Å². The largest absolute Gasteiger partial charge is 0.320 e. The Hall–Kier alpha value is -2.15. The van der Waals surface area contributed by atoms with Gasteiger partial charge in [-0.25, -0.2) is 4.68 Å². The van der Waals surface area contributed by atoms with E-state index in [2.05, 4.69) is 5.32 Å². The fourth-order valence-electron chi connectivity index (χ4n) is 2.76. The summed E-state index contributed by atoms with van der Waals surface area (Å²) in [6.07, 6.45) is 0.243. The zero-order chi connectivity index (χ0) is 20.3. The Morgan fingerprint density at radius 2 is 1.86 bits per heavy atom. The lowest BCUT2D eigenvalue weighted by Crippen LogP contribution is -2.23. The van der Waals surface area contributed by atoms with Gasteiger partial charge in [-0.2, -0.15) is 0 Å². The predicted octanol–water partition coefficient (Wildman–Crippen LogP) is 4.91. The summed E-state index contributed by atoms with van der Waals surface area (Å²) in [5.74, 6) is 0.293. The quantitative estimate of drug-likeness (QED) is 0.559. The molecule has 0 saturated heterocycles. The highest BCUT2D eigenvalue weighted by Gasteiger charge is 2.18. The second kappa shape index (κ2) is 8.90. The molecular weight excluding hydrogens is 417 g/mol. The monoisotopic (exact) mass is 435 g/mol. The minimum Gasteiger partial charge on any atom is -0.320 e. The van der Waals surface area contributed by atoms with Crippen LogP contribution in [-0.4, -0.2) is 21.0 Å². The van der Waals surface area contributed by atoms with Gasteiger partial charge < -0.3 is 5.32 Å². The molecule has 2 aromatic carbocycles. The molecule has 0 atom stereocenters. The van der Waals surface area contributed by atoms with Gasteiger partial charge in [-0.15, -0.1) is 11.8 Å². The van der Waals surface area contributed by atoms with Gasteiger partial charge in [0.2, 0.25) is 5.91 Å². The summed E-state index contributed by atoms with van der Waals surface area (Å²) in [7, 11) is 1.79. The molecule has 146 valence electrons. The molecule has 0 bridgehead atoms. The fourth-order valence-corrected chi connectivity index (χ4v) is 4.20. The Bertz CT molecular complexity index is 1060. The van der Waals surface area contributed by atoms with Crippen molar-refractivity contribution in [3.05, 3.63) is 74.6 Å². The number of aromatic nitrogens is 2. The summed E-state index contributed by atoms with van der Waals surface area (Å²) in [4.78, 5) is 26.0. The van der Waals surface area contributed by atoms with Crippen molar-refractivity contribution in [2.24, 2.45) is 7.05 Å². The van der Waals surface area contributed by atoms with Gasteiger partial charge in [-0.05, 0) is 37.3 Å². The van der Waals surface area contributed by atoms with Gasteiger partial charge >= 0.3 is 0 Å². The lowest BCUT2D eigenvalue weighted by Gasteiger charge is -2.07. The van der Waals surface area contributed by atoms with E-state index in [1.807, 2.05) is 30.3 Å². The van der Waals surface area contributed by atoms with Crippen molar-refractivity contribution in [1.82, 2.24) is 9.36 Å². The van der Waals surface area contributed by atoms with E-state index in [1.54, 1.807) is 36.9 Å². The summed E-state index contributed by atoms with van der Waals surface area (Å²) in [6.45, 7) is 1.80. The third kappa shape index (κ3) is 4.46. The Balaban J connectivity index is 1.69. The van der Waals surface area contributed by atoms with Gasteiger partial charge in [0.15, 0.2) is 0 Å². The van der Waals surface area contributed by atoms with E-state index < -0.39 is 0 Å². The van der Waals surface area contributed by atoms with Crippen molar-refractivity contribution in [2.75, 3.05) is 11.1 Å². The molecule has 3 rings (SSSR count). The maximum atomic E-state index is 12.8. The van der Waals surface area contributed by atoms with Crippen LogP contribution in [0.1, 0.15) is 12.1 Å². The van der Waals surface area contributed by atoms with Gasteiger partial charge in [0.1, 0.15) is 5.69 Å². The number of hydrogen-bond donors (Lipinski definition) is 1. The number of carbonyl (C=O) groups is 1. The minimum atomic E-state index is -0.259. The Morgan fingerprint density at radius 3 is 2.57 bits per heavy atom. The Kier molecular flexibility index (Phi) is 6.54. The number of para-hydroxylation sites is 1. The summed E-state index contributed by atoms with van der Waals surface area (Å²) < 4.78 is 3.26. The number of anilines is 1. The third-order valence-corrected chi connectivity index (χ3v) is 6.03. The van der Waals surface area contributed by atoms with E-state index in [0.717, 1.165) is 10.6 Å². The van der Waals surface area contributed by atoms with Crippen molar-refractivity contribution in [2.45, 2.75) is 18.2 Å². The van der Waals surface area contributed by atoms with Gasteiger partial charge in [0.05, 0.1) is 16.4 Å². The van der Waals surface area contributed by atoms with Crippen molar-refractivity contribution in [3.8, 4) is 5.69 Å². The number of amides is 1. The average molecular weight is 436 g/mol. The topological polar surface area (TPSA) is 56.0 Å². The Morgan fingerprint density at radius 1 is 1.14 bits per heavy atom. The molecule has 28 heavy (non-hydrogen) atoms. The minimum absolute atomic E-state index is 0.225. The SMILES string of the molecule is Cc1c(NC(=O)CCSc2cc(Cl)ccc2Cl)c(=O)n(-c2ccccc2)n1C. The molecular formula is C20H19Cl2N3O2S. The number of hydrogen-bond acceptors (Lipinski definition) is 3. The molecule has 3 aromatic rings. The standard InChI is InChI=1S/C20H19Cl2N3O2S/c1-13-19(20(27)25(24(13)2)15-6-4-3-5-7-15)23-18(26)10-11-28-17-12-14(21)8-9-16(17)22/h3-9,12H,10-11H2,1-2H3,(H,23,26). The van der Waals surface area contributed by atoms with Gasteiger partial charge in [-0.1, -0.05) is 41.4 Å². The molecule has 5 nitrogen and oxygen atoms in total. The number of halogens is 2. The van der Waals surface area contributed by atoms with Gasteiger partial charge in [0.25, 0.3) is 5.56 Å². The van der Waals surface area contributed by atoms with Crippen LogP contribution in [-0.2, 0) is 11.8 Å². The van der Waals surface area contributed by atoms with Crippen LogP contribution in [0.5, 0.6) is 0 Å². The third-order valence-electron chi connectivity index (χ3n) is 4.30. The van der Waals surface area contributed by atoms with Crippen LogP contribution in [0.15, 0.2) is 58.2 Å². The zero-order valence-corrected chi connectivity index (χ0v) is 17.7. The van der Waals surface area contributed by atoms with Crippen molar-refractivity contribution >= 4 is 46.6 Å². The first-order valence-electron chi connectivity index (χ1n) is 8.60. The lowest BCUT2D eigenvalue weighted by molar-refractivity contribution is -0.115. The molecule has 0 aliphatic heterocycles. The maximum Gasteiger partial charge on any atom is 0.295 e. The fraction of sp³-hybridized carbons (Fsp3) is 0.200. The van der Waals surface area contributed by atoms with E-state index in [0.29, 0.717) is 27.2 Å². The van der Waals surface area contributed by atoms with Crippen LogP contribution in [0, 0.1) is 6.92 Å². The number of thioether (sulfide) groups is 1. The van der Waals surface area contributed by atoms with Crippen LogP contribution in [0.4, 0.5) is 5.69 Å². The molecule has 0 fully saturated rings. The smallest absolute Gasteiger partial charge is 0.295 e. The number of benzene rings is 2. The number of carbonyl (C=O) groups excluding carboxylic acids is 1. The van der Waals surface area contributed by atoms with E-state index >= 15 is 0 Å². The van der Waals surface area contributed by atoms with E-state index in [-0.39, 0.29) is 17.9 Å². The van der Waals surface area contributed by atoms with E-state index in [1.165, 1.54) is 16.4 Å². The number of nitrogens with zero attached hydrogens (tertiary/aromatic N) is 2. The summed E-state index contributed by atoms with van der Waals surface area (Å²) >= 11 is 13.6. The average Bonchev–Trinajstić information content (AvgIpc) is 2.88. The highest BCUT2D eigenvalue weighted by atomic mass is 35.5. The molecule has 0 aliphatic carbocycles. The summed E-state index contributed by atoms with van der Waals surface area (Å²) in [5.41, 5.74) is 1.46. The summed E-state index contributed by atoms with van der Waals surface area (Å²) in [6, 6.07) is 14.5. The second-order valence-electron chi connectivity index (χ2n) is 6.16. The van der Waals surface area contributed by atoms with Crippen LogP contribution in [0.3, 0.4) is 0 Å². The molecule has 0 saturated carbocycles. The zero-order valence-electron chi connectivity index (χ0n) is 15.4. The summed E-state index contributed by atoms with van der Waals surface area (Å²) in [5, 5.41) is 3.95. The molecule has 0 radical (unpaired) electrons. The number of nitrogens with one attached hydrogen (secondary N) is 1.